The van der Waals surface area contributed by atoms with Crippen molar-refractivity contribution in [2.24, 2.45) is 0 Å². The molecule has 0 saturated carbocycles. The molecule has 0 aliphatic heterocycles. The summed E-state index contributed by atoms with van der Waals surface area (Å²) in [6, 6.07) is 14.7. The van der Waals surface area contributed by atoms with E-state index in [2.05, 4.69) is 20.6 Å². The summed E-state index contributed by atoms with van der Waals surface area (Å²) in [6.45, 7) is 2.04. The molecule has 3 rings (SSSR count). The Morgan fingerprint density at radius 3 is 2.77 bits per heavy atom. The van der Waals surface area contributed by atoms with Crippen molar-refractivity contribution in [3.05, 3.63) is 72.2 Å². The molecule has 7 heteroatoms. The number of aromatic nitrogens is 2. The molecule has 0 saturated heterocycles. The van der Waals surface area contributed by atoms with Gasteiger partial charge in [-0.25, -0.2) is 14.2 Å². The maximum Gasteiger partial charge on any atom is 0.340 e. The van der Waals surface area contributed by atoms with E-state index in [0.717, 1.165) is 0 Å². The first kappa shape index (κ1) is 17.3. The molecule has 1 aromatic heterocycles. The summed E-state index contributed by atoms with van der Waals surface area (Å²) in [6.07, 6.45) is 1.56. The molecule has 0 fully saturated rings. The Morgan fingerprint density at radius 2 is 1.96 bits per heavy atom. The molecule has 2 aromatic carbocycles. The average Bonchev–Trinajstić information content (AvgIpc) is 2.63. The number of nitrogens with one attached hydrogen (secondary N) is 2. The van der Waals surface area contributed by atoms with Crippen LogP contribution in [0.25, 0.3) is 0 Å². The molecule has 6 nitrogen and oxygen atoms in total. The zero-order valence-electron chi connectivity index (χ0n) is 14.1. The lowest BCUT2D eigenvalue weighted by Gasteiger charge is -2.11. The summed E-state index contributed by atoms with van der Waals surface area (Å²) in [5.74, 6) is 0.0141. The van der Waals surface area contributed by atoms with E-state index >= 15 is 0 Å². The maximum atomic E-state index is 13.3. The van der Waals surface area contributed by atoms with E-state index in [9.17, 15) is 9.18 Å². The normalized spacial score (nSPS) is 10.2. The second kappa shape index (κ2) is 8.06. The van der Waals surface area contributed by atoms with Crippen LogP contribution in [0.2, 0.25) is 0 Å². The Kier molecular flexibility index (Phi) is 5.38. The molecule has 26 heavy (non-hydrogen) atoms. The zero-order valence-corrected chi connectivity index (χ0v) is 14.1. The fourth-order valence-electron chi connectivity index (χ4n) is 2.30. The van der Waals surface area contributed by atoms with E-state index in [1.807, 2.05) is 0 Å². The van der Waals surface area contributed by atoms with Crippen molar-refractivity contribution in [3.63, 3.8) is 0 Å². The third-order valence-electron chi connectivity index (χ3n) is 3.42. The summed E-state index contributed by atoms with van der Waals surface area (Å²) in [4.78, 5) is 20.5. The minimum absolute atomic E-state index is 0.288. The van der Waals surface area contributed by atoms with E-state index < -0.39 is 5.97 Å². The number of nitrogens with zero attached hydrogens (tertiary/aromatic N) is 2. The lowest BCUT2D eigenvalue weighted by atomic mass is 10.2. The maximum absolute atomic E-state index is 13.3. The Morgan fingerprint density at radius 1 is 1.12 bits per heavy atom. The first-order valence-electron chi connectivity index (χ1n) is 8.04. The number of carbonyl (C=O) groups excluding carboxylic acids is 1. The number of hydrogen-bond acceptors (Lipinski definition) is 6. The van der Waals surface area contributed by atoms with Gasteiger partial charge in [0.15, 0.2) is 0 Å². The number of benzene rings is 2. The summed E-state index contributed by atoms with van der Waals surface area (Å²) in [5, 5.41) is 6.02. The number of rotatable bonds is 6. The Hall–Kier alpha value is -3.48. The second-order valence-electron chi connectivity index (χ2n) is 5.29. The predicted molar refractivity (Wildman–Crippen MR) is 97.4 cm³/mol. The van der Waals surface area contributed by atoms with Gasteiger partial charge in [0.25, 0.3) is 0 Å². The molecule has 0 atom stereocenters. The van der Waals surface area contributed by atoms with Crippen molar-refractivity contribution in [1.82, 2.24) is 9.97 Å². The van der Waals surface area contributed by atoms with Crippen LogP contribution < -0.4 is 10.6 Å². The number of esters is 1. The number of hydrogen-bond donors (Lipinski definition) is 2. The second-order valence-corrected chi connectivity index (χ2v) is 5.29. The van der Waals surface area contributed by atoms with E-state index in [1.165, 1.54) is 12.1 Å². The SMILES string of the molecule is CCOC(=O)c1ccccc1Nc1nccc(Nc2cccc(F)c2)n1. The summed E-state index contributed by atoms with van der Waals surface area (Å²) in [7, 11) is 0. The van der Waals surface area contributed by atoms with Gasteiger partial charge < -0.3 is 15.4 Å². The lowest BCUT2D eigenvalue weighted by molar-refractivity contribution is 0.0527. The van der Waals surface area contributed by atoms with Gasteiger partial charge in [-0.05, 0) is 43.3 Å². The van der Waals surface area contributed by atoms with Gasteiger partial charge >= 0.3 is 5.97 Å². The number of carbonyl (C=O) groups is 1. The third-order valence-corrected chi connectivity index (χ3v) is 3.42. The monoisotopic (exact) mass is 352 g/mol. The van der Waals surface area contributed by atoms with Crippen LogP contribution in [0.3, 0.4) is 0 Å². The quantitative estimate of drug-likeness (QED) is 0.645. The standard InChI is InChI=1S/C19H17FN4O2/c1-2-26-18(25)15-8-3-4-9-16(15)23-19-21-11-10-17(24-19)22-14-7-5-6-13(20)12-14/h3-12H,2H2,1H3,(H2,21,22,23,24). The Bertz CT molecular complexity index is 917. The zero-order chi connectivity index (χ0) is 18.4. The first-order chi connectivity index (χ1) is 12.7. The van der Waals surface area contributed by atoms with Crippen molar-refractivity contribution in [2.45, 2.75) is 6.92 Å². The summed E-state index contributed by atoms with van der Waals surface area (Å²) >= 11 is 0. The number of ether oxygens (including phenoxy) is 1. The van der Waals surface area contributed by atoms with Crippen molar-refractivity contribution in [2.75, 3.05) is 17.2 Å². The highest BCUT2D eigenvalue weighted by Gasteiger charge is 2.12. The average molecular weight is 352 g/mol. The molecule has 0 bridgehead atoms. The Labute approximate surface area is 150 Å². The van der Waals surface area contributed by atoms with E-state index in [4.69, 9.17) is 4.74 Å². The number of halogens is 1. The van der Waals surface area contributed by atoms with E-state index in [-0.39, 0.29) is 12.4 Å². The van der Waals surface area contributed by atoms with E-state index in [1.54, 1.807) is 55.6 Å². The molecule has 3 aromatic rings. The molecular weight excluding hydrogens is 335 g/mol. The highest BCUT2D eigenvalue weighted by Crippen LogP contribution is 2.21. The van der Waals surface area contributed by atoms with Gasteiger partial charge in [0.1, 0.15) is 11.6 Å². The van der Waals surface area contributed by atoms with Crippen LogP contribution in [0.4, 0.5) is 27.5 Å². The first-order valence-corrected chi connectivity index (χ1v) is 8.04. The number of anilines is 4. The van der Waals surface area contributed by atoms with E-state index in [0.29, 0.717) is 28.7 Å². The lowest BCUT2D eigenvalue weighted by Crippen LogP contribution is -2.09. The molecule has 0 spiro atoms. The summed E-state index contributed by atoms with van der Waals surface area (Å²) in [5.41, 5.74) is 1.50. The highest BCUT2D eigenvalue weighted by molar-refractivity contribution is 5.96. The van der Waals surface area contributed by atoms with Gasteiger partial charge in [0.05, 0.1) is 17.9 Å². The molecule has 0 radical (unpaired) electrons. The molecule has 0 aliphatic rings. The van der Waals surface area contributed by atoms with Gasteiger partial charge in [-0.3, -0.25) is 0 Å². The summed E-state index contributed by atoms with van der Waals surface area (Å²) < 4.78 is 18.3. The van der Waals surface area contributed by atoms with Crippen LogP contribution in [0.1, 0.15) is 17.3 Å². The largest absolute Gasteiger partial charge is 0.462 e. The molecular formula is C19H17FN4O2. The van der Waals surface area contributed by atoms with Crippen molar-refractivity contribution < 1.29 is 13.9 Å². The van der Waals surface area contributed by atoms with Gasteiger partial charge in [0, 0.05) is 11.9 Å². The molecule has 0 aliphatic carbocycles. The van der Waals surface area contributed by atoms with Crippen molar-refractivity contribution in [1.29, 1.82) is 0 Å². The van der Waals surface area contributed by atoms with Crippen LogP contribution in [0.15, 0.2) is 60.8 Å². The van der Waals surface area contributed by atoms with Crippen LogP contribution >= 0.6 is 0 Å². The Balaban J connectivity index is 1.80. The topological polar surface area (TPSA) is 76.1 Å². The van der Waals surface area contributed by atoms with Gasteiger partial charge in [-0.15, -0.1) is 0 Å². The number of para-hydroxylation sites is 1. The van der Waals surface area contributed by atoms with Gasteiger partial charge in [-0.2, -0.15) is 4.98 Å². The minimum Gasteiger partial charge on any atom is -0.462 e. The molecule has 0 unspecified atom stereocenters. The van der Waals surface area contributed by atoms with Crippen molar-refractivity contribution >= 4 is 29.1 Å². The predicted octanol–water partition coefficient (Wildman–Crippen LogP) is 4.28. The smallest absolute Gasteiger partial charge is 0.340 e. The van der Waals surface area contributed by atoms with Crippen molar-refractivity contribution in [3.8, 4) is 0 Å². The van der Waals surface area contributed by atoms with Crippen LogP contribution in [-0.2, 0) is 4.74 Å². The van der Waals surface area contributed by atoms with Crippen LogP contribution in [0, 0.1) is 5.82 Å². The molecule has 2 N–H and O–H groups in total. The fourth-order valence-corrected chi connectivity index (χ4v) is 2.30. The van der Waals surface area contributed by atoms with Gasteiger partial charge in [0.2, 0.25) is 5.95 Å². The molecule has 132 valence electrons. The minimum atomic E-state index is -0.426. The van der Waals surface area contributed by atoms with Gasteiger partial charge in [-0.1, -0.05) is 18.2 Å². The van der Waals surface area contributed by atoms with Crippen LogP contribution in [-0.4, -0.2) is 22.5 Å². The highest BCUT2D eigenvalue weighted by atomic mass is 19.1. The third kappa shape index (κ3) is 4.32. The molecule has 0 amide bonds. The van der Waals surface area contributed by atoms with Crippen LogP contribution in [0.5, 0.6) is 0 Å². The fraction of sp³-hybridized carbons (Fsp3) is 0.105. The molecule has 1 heterocycles.